The molecule has 0 fully saturated rings. The lowest BCUT2D eigenvalue weighted by atomic mass is 10.1. The van der Waals surface area contributed by atoms with E-state index >= 15 is 0 Å². The van der Waals surface area contributed by atoms with E-state index in [-0.39, 0.29) is 11.7 Å². The Kier molecular flexibility index (Phi) is 5.89. The molecule has 0 bridgehead atoms. The molecule has 2 N–H and O–H groups in total. The number of benzene rings is 2. The Morgan fingerprint density at radius 1 is 1.21 bits per heavy atom. The fraction of sp³-hybridized carbons (Fsp3) is 0.150. The van der Waals surface area contributed by atoms with Crippen LogP contribution in [-0.2, 0) is 11.4 Å². The second-order valence-corrected chi connectivity index (χ2v) is 7.00. The Hall–Kier alpha value is -3.00. The van der Waals surface area contributed by atoms with Crippen molar-refractivity contribution in [3.63, 3.8) is 0 Å². The molecular weight excluding hydrogens is 427 g/mol. The lowest BCUT2D eigenvalue weighted by Gasteiger charge is -2.06. The first-order valence-electron chi connectivity index (χ1n) is 8.44. The monoisotopic (exact) mass is 444 g/mol. The van der Waals surface area contributed by atoms with Crippen LogP contribution in [0.2, 0.25) is 0 Å². The Labute approximate surface area is 169 Å². The smallest absolute Gasteiger partial charge is 0.365 e. The van der Waals surface area contributed by atoms with E-state index in [2.05, 4.69) is 26.2 Å². The summed E-state index contributed by atoms with van der Waals surface area (Å²) in [6.07, 6.45) is 0. The number of aromatic nitrogens is 2. The minimum atomic E-state index is -0.638. The van der Waals surface area contributed by atoms with E-state index in [0.717, 1.165) is 21.4 Å². The third-order valence-corrected chi connectivity index (χ3v) is 5.30. The lowest BCUT2D eigenvalue weighted by Crippen LogP contribution is -2.15. The molecule has 1 aromatic heterocycles. The van der Waals surface area contributed by atoms with E-state index in [1.807, 2.05) is 24.6 Å². The highest BCUT2D eigenvalue weighted by atomic mass is 79.9. The number of nitrogens with zero attached hydrogens (tertiary/aromatic N) is 3. The second-order valence-electron chi connectivity index (χ2n) is 6.20. The van der Waals surface area contributed by atoms with E-state index < -0.39 is 5.97 Å². The zero-order chi connectivity index (χ0) is 20.3. The Bertz CT molecular complexity index is 1040. The molecule has 0 unspecified atom stereocenters. The molecule has 0 spiro atoms. The van der Waals surface area contributed by atoms with E-state index in [4.69, 9.17) is 10.6 Å². The Balaban J connectivity index is 1.72. The molecule has 6 nitrogen and oxygen atoms in total. The largest absolute Gasteiger partial charge is 0.380 e. The molecule has 144 valence electrons. The molecular formula is C20H18BrFN4O2. The summed E-state index contributed by atoms with van der Waals surface area (Å²) in [5, 5.41) is 8.11. The minimum Gasteiger partial charge on any atom is -0.380 e. The van der Waals surface area contributed by atoms with Crippen LogP contribution in [0.25, 0.3) is 0 Å². The van der Waals surface area contributed by atoms with E-state index in [1.54, 1.807) is 18.2 Å². The van der Waals surface area contributed by atoms with Crippen LogP contribution in [-0.4, -0.2) is 21.6 Å². The predicted molar refractivity (Wildman–Crippen MR) is 107 cm³/mol. The molecule has 0 aliphatic rings. The maximum absolute atomic E-state index is 13.0. The highest BCUT2D eigenvalue weighted by molar-refractivity contribution is 9.10. The second kappa shape index (κ2) is 8.35. The number of carbonyl (C=O) groups excluding carboxylic acids is 1. The third kappa shape index (κ3) is 4.45. The van der Waals surface area contributed by atoms with Gasteiger partial charge in [0.2, 0.25) is 0 Å². The summed E-state index contributed by atoms with van der Waals surface area (Å²) in [7, 11) is 0. The number of halogens is 2. The van der Waals surface area contributed by atoms with Crippen molar-refractivity contribution in [3.8, 4) is 0 Å². The molecule has 28 heavy (non-hydrogen) atoms. The molecule has 3 rings (SSSR count). The SMILES string of the molecule is Cc1nn(Cc2cccc(C(=O)O/N=C(\N)c3ccc(F)cc3)c2)c(C)c1Br. The molecule has 2 aromatic carbocycles. The first kappa shape index (κ1) is 19.8. The molecule has 0 saturated carbocycles. The van der Waals surface area contributed by atoms with Crippen molar-refractivity contribution < 1.29 is 14.0 Å². The van der Waals surface area contributed by atoms with Gasteiger partial charge in [0.25, 0.3) is 0 Å². The number of nitrogens with two attached hydrogens (primary N) is 1. The topological polar surface area (TPSA) is 82.5 Å². The molecule has 0 radical (unpaired) electrons. The van der Waals surface area contributed by atoms with Gasteiger partial charge in [0.15, 0.2) is 5.84 Å². The number of rotatable bonds is 5. The van der Waals surface area contributed by atoms with Gasteiger partial charge in [-0.25, -0.2) is 9.18 Å². The van der Waals surface area contributed by atoms with Gasteiger partial charge in [0.05, 0.1) is 28.0 Å². The molecule has 0 aliphatic heterocycles. The maximum atomic E-state index is 13.0. The number of hydrogen-bond acceptors (Lipinski definition) is 4. The average Bonchev–Trinajstić information content (AvgIpc) is 2.93. The fourth-order valence-corrected chi connectivity index (χ4v) is 2.90. The summed E-state index contributed by atoms with van der Waals surface area (Å²) in [5.74, 6) is -1.04. The predicted octanol–water partition coefficient (Wildman–Crippen LogP) is 3.93. The molecule has 0 saturated heterocycles. The van der Waals surface area contributed by atoms with Crippen molar-refractivity contribution in [2.24, 2.45) is 10.9 Å². The zero-order valence-electron chi connectivity index (χ0n) is 15.3. The summed E-state index contributed by atoms with van der Waals surface area (Å²) in [5.41, 5.74) is 9.36. The standard InChI is InChI=1S/C20H18BrFN4O2/c1-12-18(21)13(2)26(24-12)11-14-4-3-5-16(10-14)20(27)28-25-19(23)15-6-8-17(22)9-7-15/h3-10H,11H2,1-2H3,(H2,23,25). The summed E-state index contributed by atoms with van der Waals surface area (Å²) in [6, 6.07) is 12.4. The summed E-state index contributed by atoms with van der Waals surface area (Å²) in [6.45, 7) is 4.40. The normalized spacial score (nSPS) is 11.5. The fourth-order valence-electron chi connectivity index (χ4n) is 2.62. The van der Waals surface area contributed by atoms with Crippen molar-refractivity contribution in [2.75, 3.05) is 0 Å². The van der Waals surface area contributed by atoms with E-state index in [0.29, 0.717) is 17.7 Å². The lowest BCUT2D eigenvalue weighted by molar-refractivity contribution is 0.0516. The summed E-state index contributed by atoms with van der Waals surface area (Å²) in [4.78, 5) is 17.2. The Morgan fingerprint density at radius 2 is 1.93 bits per heavy atom. The van der Waals surface area contributed by atoms with Crippen LogP contribution < -0.4 is 5.73 Å². The number of carbonyl (C=O) groups is 1. The van der Waals surface area contributed by atoms with E-state index in [1.165, 1.54) is 24.3 Å². The quantitative estimate of drug-likeness (QED) is 0.279. The van der Waals surface area contributed by atoms with Gasteiger partial charge in [-0.1, -0.05) is 17.3 Å². The molecule has 0 atom stereocenters. The van der Waals surface area contributed by atoms with Crippen LogP contribution in [0, 0.1) is 19.7 Å². The number of oxime groups is 1. The van der Waals surface area contributed by atoms with Gasteiger partial charge in [0, 0.05) is 5.56 Å². The first-order valence-corrected chi connectivity index (χ1v) is 9.23. The van der Waals surface area contributed by atoms with Crippen molar-refractivity contribution in [3.05, 3.63) is 86.9 Å². The van der Waals surface area contributed by atoms with Crippen molar-refractivity contribution in [2.45, 2.75) is 20.4 Å². The average molecular weight is 445 g/mol. The summed E-state index contributed by atoms with van der Waals surface area (Å²) >= 11 is 3.50. The number of amidine groups is 1. The Morgan fingerprint density at radius 3 is 2.57 bits per heavy atom. The van der Waals surface area contributed by atoms with Gasteiger partial charge >= 0.3 is 5.97 Å². The van der Waals surface area contributed by atoms with E-state index in [9.17, 15) is 9.18 Å². The van der Waals surface area contributed by atoms with Gasteiger partial charge in [-0.15, -0.1) is 0 Å². The molecule has 8 heteroatoms. The van der Waals surface area contributed by atoms with Crippen LogP contribution in [0.15, 0.2) is 58.2 Å². The van der Waals surface area contributed by atoms with Crippen LogP contribution in [0.4, 0.5) is 4.39 Å². The van der Waals surface area contributed by atoms with Crippen LogP contribution in [0.1, 0.15) is 32.9 Å². The van der Waals surface area contributed by atoms with Crippen molar-refractivity contribution >= 4 is 27.7 Å². The van der Waals surface area contributed by atoms with Crippen LogP contribution >= 0.6 is 15.9 Å². The van der Waals surface area contributed by atoms with Crippen LogP contribution in [0.3, 0.4) is 0 Å². The van der Waals surface area contributed by atoms with Crippen molar-refractivity contribution in [1.82, 2.24) is 9.78 Å². The third-order valence-electron chi connectivity index (χ3n) is 4.16. The summed E-state index contributed by atoms with van der Waals surface area (Å²) < 4.78 is 15.8. The van der Waals surface area contributed by atoms with Gasteiger partial charge in [-0.3, -0.25) is 4.68 Å². The van der Waals surface area contributed by atoms with Crippen molar-refractivity contribution in [1.29, 1.82) is 0 Å². The van der Waals surface area contributed by atoms with Crippen LogP contribution in [0.5, 0.6) is 0 Å². The van der Waals surface area contributed by atoms with Gasteiger partial charge in [-0.05, 0) is 71.7 Å². The molecule has 0 amide bonds. The zero-order valence-corrected chi connectivity index (χ0v) is 16.9. The van der Waals surface area contributed by atoms with Gasteiger partial charge in [-0.2, -0.15) is 5.10 Å². The number of hydrogen-bond donors (Lipinski definition) is 1. The first-order chi connectivity index (χ1) is 13.3. The molecule has 0 aliphatic carbocycles. The molecule has 1 heterocycles. The maximum Gasteiger partial charge on any atom is 0.365 e. The molecule has 3 aromatic rings. The highest BCUT2D eigenvalue weighted by Crippen LogP contribution is 2.21. The van der Waals surface area contributed by atoms with Gasteiger partial charge < -0.3 is 10.6 Å². The number of aryl methyl sites for hydroxylation is 1. The van der Waals surface area contributed by atoms with Gasteiger partial charge in [0.1, 0.15) is 5.82 Å². The minimum absolute atomic E-state index is 0.0167. The highest BCUT2D eigenvalue weighted by Gasteiger charge is 2.12.